The van der Waals surface area contributed by atoms with Gasteiger partial charge in [-0.3, -0.25) is 9.13 Å². The standard InChI is InChI=1S/C48H29N3S.C42H25N3S/c1-2-10-30(11-3-1)31-18-21-33(22-19-31)47-37-13-4-7-15-41(37)49-48(50-47)51-42-16-8-5-14-38(42)46-39-28-34(23-20-32(39)24-26-43(46)51)35-25-27-45-40(29-35)36-12-6-9-17-44(36)52-45;1-2-11-27(12-3-1)40-32-14-4-7-18-35(32)43-42(44-40)45-36-19-8-5-15-33(36)39-34-25-28(22-21-26(34)23-24-37(39)45)29-16-10-17-31-30-13-6-9-20-38(30)46-41(29)31/h1-29H;1-25H. The van der Waals surface area contributed by atoms with Gasteiger partial charge in [0.2, 0.25) is 11.9 Å². The minimum Gasteiger partial charge on any atom is -0.278 e. The van der Waals surface area contributed by atoms with Crippen LogP contribution in [0.3, 0.4) is 0 Å². The van der Waals surface area contributed by atoms with Gasteiger partial charge in [0.05, 0.1) is 44.5 Å². The molecule has 0 aliphatic rings. The number of nitrogens with zero attached hydrogens (tertiary/aromatic N) is 6. The Labute approximate surface area is 570 Å². The van der Waals surface area contributed by atoms with Gasteiger partial charge in [-0.1, -0.05) is 255 Å². The number of fused-ring (bicyclic) bond motifs is 18. The third-order valence-electron chi connectivity index (χ3n) is 19.6. The highest BCUT2D eigenvalue weighted by Crippen LogP contribution is 2.45. The molecule has 0 fully saturated rings. The van der Waals surface area contributed by atoms with E-state index in [0.717, 1.165) is 66.4 Å². The quantitative estimate of drug-likeness (QED) is 0.160. The van der Waals surface area contributed by atoms with Crippen LogP contribution in [0.1, 0.15) is 0 Å². The molecule has 21 rings (SSSR count). The molecule has 0 unspecified atom stereocenters. The van der Waals surface area contributed by atoms with Crippen LogP contribution in [0.4, 0.5) is 0 Å². The molecule has 0 bridgehead atoms. The monoisotopic (exact) mass is 1280 g/mol. The number of thiophene rings is 2. The predicted molar refractivity (Wildman–Crippen MR) is 416 cm³/mol. The van der Waals surface area contributed by atoms with Crippen LogP contribution in [0, 0.1) is 0 Å². The van der Waals surface area contributed by atoms with Gasteiger partial charge in [0.15, 0.2) is 0 Å². The van der Waals surface area contributed by atoms with E-state index in [-0.39, 0.29) is 0 Å². The van der Waals surface area contributed by atoms with Gasteiger partial charge in [0, 0.05) is 83.8 Å². The third-order valence-corrected chi connectivity index (χ3v) is 22.0. The Hall–Kier alpha value is -12.5. The SMILES string of the molecule is c1ccc(-c2ccc(-c3nc(-n4c5ccccc5c5c6cc(-c7ccc8sc9ccccc9c8c7)ccc6ccc54)nc4ccccc34)cc2)cc1.c1ccc(-c2nc(-n3c4ccccc4c4c5cc(-c6cccc7c6sc6ccccc67)ccc5ccc43)nc3ccccc23)cc1. The lowest BCUT2D eigenvalue weighted by molar-refractivity contribution is 1.01. The van der Waals surface area contributed by atoms with Crippen LogP contribution < -0.4 is 0 Å². The molecule has 6 nitrogen and oxygen atoms in total. The maximum absolute atomic E-state index is 5.36. The van der Waals surface area contributed by atoms with Gasteiger partial charge in [0.1, 0.15) is 0 Å². The zero-order valence-corrected chi connectivity index (χ0v) is 54.3. The molecule has 6 aromatic heterocycles. The highest BCUT2D eigenvalue weighted by Gasteiger charge is 2.23. The maximum Gasteiger partial charge on any atom is 0.235 e. The van der Waals surface area contributed by atoms with Crippen molar-refractivity contribution in [3.63, 3.8) is 0 Å². The first-order valence-corrected chi connectivity index (χ1v) is 34.7. The lowest BCUT2D eigenvalue weighted by Crippen LogP contribution is -2.03. The second-order valence-electron chi connectivity index (χ2n) is 25.2. The summed E-state index contributed by atoms with van der Waals surface area (Å²) in [6.45, 7) is 0. The Balaban J connectivity index is 0.000000134. The van der Waals surface area contributed by atoms with Crippen molar-refractivity contribution in [2.24, 2.45) is 0 Å². The first-order chi connectivity index (χ1) is 48.6. The number of benzene rings is 15. The minimum absolute atomic E-state index is 0.664. The first kappa shape index (κ1) is 55.9. The number of hydrogen-bond donors (Lipinski definition) is 0. The molecule has 8 heteroatoms. The molecule has 98 heavy (non-hydrogen) atoms. The molecule has 0 aliphatic heterocycles. The zero-order chi connectivity index (χ0) is 64.4. The number of hydrogen-bond acceptors (Lipinski definition) is 6. The van der Waals surface area contributed by atoms with Crippen molar-refractivity contribution >= 4 is 150 Å². The molecule has 21 aromatic rings. The summed E-state index contributed by atoms with van der Waals surface area (Å²) in [6.07, 6.45) is 0. The van der Waals surface area contributed by atoms with Crippen molar-refractivity contribution in [1.29, 1.82) is 0 Å². The molecule has 0 spiro atoms. The van der Waals surface area contributed by atoms with Crippen molar-refractivity contribution < 1.29 is 0 Å². The van der Waals surface area contributed by atoms with E-state index in [1.165, 1.54) is 117 Å². The number of para-hydroxylation sites is 4. The topological polar surface area (TPSA) is 61.4 Å². The van der Waals surface area contributed by atoms with Crippen LogP contribution in [0.2, 0.25) is 0 Å². The van der Waals surface area contributed by atoms with Gasteiger partial charge in [-0.05, 0) is 128 Å². The fourth-order valence-electron chi connectivity index (χ4n) is 15.0. The van der Waals surface area contributed by atoms with E-state index < -0.39 is 0 Å². The second-order valence-corrected chi connectivity index (χ2v) is 27.3. The summed E-state index contributed by atoms with van der Waals surface area (Å²) in [5, 5.41) is 17.0. The van der Waals surface area contributed by atoms with Crippen molar-refractivity contribution in [2.45, 2.75) is 0 Å². The predicted octanol–water partition coefficient (Wildman–Crippen LogP) is 24.8. The van der Waals surface area contributed by atoms with Crippen LogP contribution in [-0.4, -0.2) is 29.1 Å². The van der Waals surface area contributed by atoms with Crippen molar-refractivity contribution in [3.8, 4) is 67.8 Å². The van der Waals surface area contributed by atoms with Gasteiger partial charge in [-0.25, -0.2) is 19.9 Å². The summed E-state index contributed by atoms with van der Waals surface area (Å²) >= 11 is 3.73. The summed E-state index contributed by atoms with van der Waals surface area (Å²) in [4.78, 5) is 21.0. The fourth-order valence-corrected chi connectivity index (χ4v) is 17.4. The molecule has 6 heterocycles. The van der Waals surface area contributed by atoms with E-state index in [0.29, 0.717) is 11.9 Å². The van der Waals surface area contributed by atoms with Crippen molar-refractivity contribution in [3.05, 3.63) is 328 Å². The highest BCUT2D eigenvalue weighted by molar-refractivity contribution is 7.26. The Morgan fingerprint density at radius 3 is 1.22 bits per heavy atom. The normalized spacial score (nSPS) is 11.9. The Morgan fingerprint density at radius 2 is 0.622 bits per heavy atom. The third kappa shape index (κ3) is 9.07. The average Bonchev–Trinajstić information content (AvgIpc) is 1.57. The van der Waals surface area contributed by atoms with E-state index in [4.69, 9.17) is 19.9 Å². The lowest BCUT2D eigenvalue weighted by atomic mass is 9.97. The van der Waals surface area contributed by atoms with E-state index in [1.807, 2.05) is 34.8 Å². The largest absolute Gasteiger partial charge is 0.278 e. The summed E-state index contributed by atoms with van der Waals surface area (Å²) in [5.41, 5.74) is 17.5. The average molecular weight is 1280 g/mol. The Kier molecular flexibility index (Phi) is 12.9. The number of rotatable bonds is 7. The van der Waals surface area contributed by atoms with Crippen LogP contribution >= 0.6 is 22.7 Å². The molecular weight excluding hydrogens is 1230 g/mol. The van der Waals surface area contributed by atoms with Gasteiger partial charge in [-0.15, -0.1) is 22.7 Å². The zero-order valence-electron chi connectivity index (χ0n) is 52.7. The first-order valence-electron chi connectivity index (χ1n) is 33.1. The Bertz CT molecular complexity index is 6800. The molecule has 0 saturated carbocycles. The van der Waals surface area contributed by atoms with Crippen molar-refractivity contribution in [1.82, 2.24) is 29.1 Å². The second kappa shape index (κ2) is 22.6. The van der Waals surface area contributed by atoms with Crippen LogP contribution in [0.5, 0.6) is 0 Å². The smallest absolute Gasteiger partial charge is 0.235 e. The molecule has 0 amide bonds. The van der Waals surface area contributed by atoms with E-state index in [9.17, 15) is 0 Å². The molecule has 0 radical (unpaired) electrons. The molecule has 15 aromatic carbocycles. The summed E-state index contributed by atoms with van der Waals surface area (Å²) in [5.74, 6) is 1.34. The number of aromatic nitrogens is 6. The van der Waals surface area contributed by atoms with Gasteiger partial charge >= 0.3 is 0 Å². The summed E-state index contributed by atoms with van der Waals surface area (Å²) in [7, 11) is 0. The van der Waals surface area contributed by atoms with Crippen LogP contribution in [-0.2, 0) is 0 Å². The van der Waals surface area contributed by atoms with Gasteiger partial charge in [-0.2, -0.15) is 0 Å². The van der Waals surface area contributed by atoms with Crippen LogP contribution in [0.25, 0.3) is 195 Å². The van der Waals surface area contributed by atoms with Gasteiger partial charge in [0.25, 0.3) is 0 Å². The van der Waals surface area contributed by atoms with Gasteiger partial charge < -0.3 is 0 Å². The molecule has 0 aliphatic carbocycles. The van der Waals surface area contributed by atoms with Crippen molar-refractivity contribution in [2.75, 3.05) is 0 Å². The van der Waals surface area contributed by atoms with E-state index >= 15 is 0 Å². The Morgan fingerprint density at radius 1 is 0.224 bits per heavy atom. The molecule has 0 atom stereocenters. The molecular formula is C90H54N6S2. The highest BCUT2D eigenvalue weighted by atomic mass is 32.1. The van der Waals surface area contributed by atoms with E-state index in [1.54, 1.807) is 0 Å². The molecule has 456 valence electrons. The van der Waals surface area contributed by atoms with E-state index in [2.05, 4.69) is 325 Å². The summed E-state index contributed by atoms with van der Waals surface area (Å²) < 4.78 is 9.78. The minimum atomic E-state index is 0.664. The maximum atomic E-state index is 5.36. The molecule has 0 N–H and O–H groups in total. The lowest BCUT2D eigenvalue weighted by Gasteiger charge is -2.12. The summed E-state index contributed by atoms with van der Waals surface area (Å²) in [6, 6.07) is 117. The molecule has 0 saturated heterocycles. The van der Waals surface area contributed by atoms with Crippen LogP contribution in [0.15, 0.2) is 328 Å². The fraction of sp³-hybridized carbons (Fsp3) is 0.